The maximum atomic E-state index is 15.1. The average molecular weight is 715 g/mol. The van der Waals surface area contributed by atoms with Gasteiger partial charge in [-0.25, -0.2) is 9.18 Å². The minimum absolute atomic E-state index is 0.0194. The summed E-state index contributed by atoms with van der Waals surface area (Å²) in [4.78, 5) is 82.4. The Morgan fingerprint density at radius 1 is 1.10 bits per heavy atom. The van der Waals surface area contributed by atoms with Gasteiger partial charge in [0, 0.05) is 18.9 Å². The molecule has 1 aromatic heterocycles. The number of halogens is 1. The van der Waals surface area contributed by atoms with Gasteiger partial charge in [-0.05, 0) is 39.5 Å². The summed E-state index contributed by atoms with van der Waals surface area (Å²) in [5.41, 5.74) is 9.46. The number of aromatic nitrogens is 2. The van der Waals surface area contributed by atoms with Gasteiger partial charge < -0.3 is 57.0 Å². The Morgan fingerprint density at radius 3 is 2.44 bits per heavy atom. The summed E-state index contributed by atoms with van der Waals surface area (Å²) in [6, 6.07) is -1.30. The largest absolute Gasteiger partial charge is 0.466 e. The summed E-state index contributed by atoms with van der Waals surface area (Å²) in [6.45, 7) is 2.08. The Bertz CT molecular complexity index is 1420. The van der Waals surface area contributed by atoms with Gasteiger partial charge in [-0.15, -0.1) is 0 Å². The van der Waals surface area contributed by atoms with Crippen LogP contribution in [0.15, 0.2) is 16.0 Å². The SMILES string of the molecule is CCOC(=O)CC(CCCN=C(N)N)C(=O)NCC(=O)NC(CCCCCC(C)=O)C(=O)Nc1nc(=O)n([C@@H]2O[C@H](CO)[C@H](O)C2O)cc1F. The van der Waals surface area contributed by atoms with E-state index in [1.54, 1.807) is 6.92 Å². The van der Waals surface area contributed by atoms with E-state index < -0.39 is 90.7 Å². The molecule has 0 aromatic carbocycles. The Labute approximate surface area is 287 Å². The van der Waals surface area contributed by atoms with Crippen molar-refractivity contribution in [3.05, 3.63) is 22.5 Å². The lowest BCUT2D eigenvalue weighted by molar-refractivity contribution is -0.146. The Hall–Kier alpha value is -4.53. The normalized spacial score (nSPS) is 19.6. The number of carbonyl (C=O) groups is 5. The van der Waals surface area contributed by atoms with E-state index in [-0.39, 0.29) is 44.2 Å². The van der Waals surface area contributed by atoms with Crippen LogP contribution in [0.5, 0.6) is 0 Å². The van der Waals surface area contributed by atoms with Crippen molar-refractivity contribution < 1.29 is 53.2 Å². The zero-order valence-electron chi connectivity index (χ0n) is 28.0. The van der Waals surface area contributed by atoms with Gasteiger partial charge in [0.1, 0.15) is 30.1 Å². The first-order valence-corrected chi connectivity index (χ1v) is 16.2. The van der Waals surface area contributed by atoms with Gasteiger partial charge in [-0.1, -0.05) is 12.8 Å². The third kappa shape index (κ3) is 13.4. The zero-order valence-corrected chi connectivity index (χ0v) is 28.0. The van der Waals surface area contributed by atoms with Crippen LogP contribution in [0.2, 0.25) is 0 Å². The number of nitrogens with one attached hydrogen (secondary N) is 3. The Morgan fingerprint density at radius 2 is 1.82 bits per heavy atom. The molecule has 280 valence electrons. The van der Waals surface area contributed by atoms with Crippen molar-refractivity contribution in [2.45, 2.75) is 95.8 Å². The molecule has 1 aliphatic heterocycles. The number of ketones is 1. The lowest BCUT2D eigenvalue weighted by Crippen LogP contribution is -2.48. The second kappa shape index (κ2) is 20.9. The molecule has 3 unspecified atom stereocenters. The first-order valence-electron chi connectivity index (χ1n) is 16.2. The number of hydrogen-bond acceptors (Lipinski definition) is 13. The molecule has 19 nitrogen and oxygen atoms in total. The highest BCUT2D eigenvalue weighted by Crippen LogP contribution is 2.28. The number of Topliss-reactive ketones (excluding diaryl/α,β-unsaturated/α-hetero) is 1. The molecule has 1 aliphatic rings. The Kier molecular flexibility index (Phi) is 17.4. The first-order chi connectivity index (χ1) is 23.7. The van der Waals surface area contributed by atoms with Crippen LogP contribution in [0.3, 0.4) is 0 Å². The van der Waals surface area contributed by atoms with Crippen molar-refractivity contribution in [3.63, 3.8) is 0 Å². The smallest absolute Gasteiger partial charge is 0.351 e. The molecule has 0 bridgehead atoms. The van der Waals surface area contributed by atoms with E-state index in [0.717, 1.165) is 0 Å². The number of unbranched alkanes of at least 4 members (excludes halogenated alkanes) is 2. The fraction of sp³-hybridized carbons (Fsp3) is 0.667. The van der Waals surface area contributed by atoms with Gasteiger partial charge in [0.25, 0.3) is 0 Å². The number of aliphatic hydroxyl groups is 3. The fourth-order valence-electron chi connectivity index (χ4n) is 5.05. The van der Waals surface area contributed by atoms with E-state index in [9.17, 15) is 44.1 Å². The first kappa shape index (κ1) is 41.6. The molecule has 1 fully saturated rings. The molecule has 3 amide bonds. The van der Waals surface area contributed by atoms with E-state index in [1.807, 2.05) is 0 Å². The van der Waals surface area contributed by atoms with Crippen molar-refractivity contribution >= 4 is 41.3 Å². The molecular weight excluding hydrogens is 667 g/mol. The highest BCUT2D eigenvalue weighted by molar-refractivity contribution is 5.97. The third-order valence-electron chi connectivity index (χ3n) is 7.63. The number of aliphatic imine (C=N–C) groups is 1. The lowest BCUT2D eigenvalue weighted by atomic mass is 9.98. The van der Waals surface area contributed by atoms with Crippen LogP contribution in [-0.4, -0.2) is 111 Å². The maximum absolute atomic E-state index is 15.1. The van der Waals surface area contributed by atoms with Gasteiger partial charge >= 0.3 is 11.7 Å². The predicted molar refractivity (Wildman–Crippen MR) is 173 cm³/mol. The molecule has 2 heterocycles. The minimum Gasteiger partial charge on any atom is -0.466 e. The van der Waals surface area contributed by atoms with E-state index in [2.05, 4.69) is 25.9 Å². The fourth-order valence-corrected chi connectivity index (χ4v) is 5.05. The highest BCUT2D eigenvalue weighted by Gasteiger charge is 2.44. The van der Waals surface area contributed by atoms with Crippen molar-refractivity contribution in [1.29, 1.82) is 0 Å². The molecule has 50 heavy (non-hydrogen) atoms. The number of anilines is 1. The third-order valence-corrected chi connectivity index (χ3v) is 7.63. The number of esters is 1. The van der Waals surface area contributed by atoms with Crippen molar-refractivity contribution in [1.82, 2.24) is 20.2 Å². The number of guanidine groups is 1. The summed E-state index contributed by atoms with van der Waals surface area (Å²) < 4.78 is 25.8. The van der Waals surface area contributed by atoms with Crippen LogP contribution in [-0.2, 0) is 33.4 Å². The molecular formula is C30H47FN8O11. The lowest BCUT2D eigenvalue weighted by Gasteiger charge is -2.20. The number of nitrogens with two attached hydrogens (primary N) is 2. The van der Waals surface area contributed by atoms with E-state index in [1.165, 1.54) is 6.92 Å². The standard InChI is InChI=1S/C30H47FN8O11/c1-3-49-22(43)12-17(9-7-11-34-29(32)33)26(46)35-13-21(42)36-19(10-6-4-5-8-16(2)41)27(47)37-25-18(31)14-39(30(48)38-25)28-24(45)23(44)20(15-40)50-28/h14,17,19-20,23-24,28,40,44-45H,3-13,15H2,1-2H3,(H,35,46)(H,36,42)(H4,32,33,34)(H,37,38,47,48)/t17?,19?,20-,23+,24?,28-/m1/s1. The number of ether oxygens (including phenoxy) is 2. The number of rotatable bonds is 21. The number of nitrogens with zero attached hydrogens (tertiary/aromatic N) is 3. The van der Waals surface area contributed by atoms with Crippen LogP contribution in [0, 0.1) is 11.7 Å². The topological polar surface area (TPSA) is 300 Å². The highest BCUT2D eigenvalue weighted by atomic mass is 19.1. The molecule has 0 aliphatic carbocycles. The molecule has 0 saturated carbocycles. The summed E-state index contributed by atoms with van der Waals surface area (Å²) in [5, 5.41) is 36.5. The molecule has 0 spiro atoms. The number of amides is 3. The molecule has 0 radical (unpaired) electrons. The quantitative estimate of drug-likeness (QED) is 0.0288. The van der Waals surface area contributed by atoms with Crippen molar-refractivity contribution in [2.75, 3.05) is 31.6 Å². The van der Waals surface area contributed by atoms with Crippen LogP contribution in [0.1, 0.15) is 71.4 Å². The van der Waals surface area contributed by atoms with Gasteiger partial charge in [0.2, 0.25) is 17.7 Å². The van der Waals surface area contributed by atoms with Crippen LogP contribution < -0.4 is 33.1 Å². The van der Waals surface area contributed by atoms with Crippen LogP contribution in [0.4, 0.5) is 10.2 Å². The van der Waals surface area contributed by atoms with Gasteiger partial charge in [-0.3, -0.25) is 28.7 Å². The van der Waals surface area contributed by atoms with Gasteiger partial charge in [0.05, 0.1) is 32.4 Å². The summed E-state index contributed by atoms with van der Waals surface area (Å²) >= 11 is 0. The summed E-state index contributed by atoms with van der Waals surface area (Å²) in [6.07, 6.45) is -3.46. The van der Waals surface area contributed by atoms with Gasteiger partial charge in [0.15, 0.2) is 23.8 Å². The molecule has 20 heteroatoms. The monoisotopic (exact) mass is 714 g/mol. The predicted octanol–water partition coefficient (Wildman–Crippen LogP) is -2.30. The average Bonchev–Trinajstić information content (AvgIpc) is 3.34. The molecule has 1 aromatic rings. The van der Waals surface area contributed by atoms with E-state index >= 15 is 4.39 Å². The van der Waals surface area contributed by atoms with Crippen molar-refractivity contribution in [3.8, 4) is 0 Å². The summed E-state index contributed by atoms with van der Waals surface area (Å²) in [7, 11) is 0. The minimum atomic E-state index is -1.69. The molecule has 1 saturated heterocycles. The number of aliphatic hydroxyl groups excluding tert-OH is 3. The van der Waals surface area contributed by atoms with Crippen LogP contribution in [0.25, 0.3) is 0 Å². The second-order valence-electron chi connectivity index (χ2n) is 11.6. The van der Waals surface area contributed by atoms with E-state index in [0.29, 0.717) is 42.9 Å². The molecule has 2 rings (SSSR count). The van der Waals surface area contributed by atoms with Crippen molar-refractivity contribution in [2.24, 2.45) is 22.4 Å². The van der Waals surface area contributed by atoms with Gasteiger partial charge in [-0.2, -0.15) is 4.98 Å². The molecule has 10 N–H and O–H groups in total. The summed E-state index contributed by atoms with van der Waals surface area (Å²) in [5.74, 6) is -6.05. The maximum Gasteiger partial charge on any atom is 0.351 e. The second-order valence-corrected chi connectivity index (χ2v) is 11.6. The number of carbonyl (C=O) groups excluding carboxylic acids is 5. The van der Waals surface area contributed by atoms with E-state index in [4.69, 9.17) is 20.9 Å². The number of hydrogen-bond donors (Lipinski definition) is 8. The Balaban J connectivity index is 2.13. The molecule has 6 atom stereocenters. The van der Waals surface area contributed by atoms with Crippen LogP contribution >= 0.6 is 0 Å². The zero-order chi connectivity index (χ0) is 37.4.